The number of oxime groups is 1. The molecule has 160 valence electrons. The van der Waals surface area contributed by atoms with E-state index in [0.29, 0.717) is 17.7 Å². The van der Waals surface area contributed by atoms with Gasteiger partial charge in [-0.15, -0.1) is 0 Å². The van der Waals surface area contributed by atoms with Crippen molar-refractivity contribution in [3.63, 3.8) is 0 Å². The van der Waals surface area contributed by atoms with Gasteiger partial charge in [0.2, 0.25) is 0 Å². The highest BCUT2D eigenvalue weighted by molar-refractivity contribution is 6.00. The summed E-state index contributed by atoms with van der Waals surface area (Å²) in [6.07, 6.45) is 0.646. The summed E-state index contributed by atoms with van der Waals surface area (Å²) in [4.78, 5) is 16.2. The van der Waals surface area contributed by atoms with Crippen LogP contribution in [0.25, 0.3) is 11.1 Å². The molecule has 0 fully saturated rings. The van der Waals surface area contributed by atoms with Crippen molar-refractivity contribution in [1.82, 2.24) is 0 Å². The summed E-state index contributed by atoms with van der Waals surface area (Å²) in [5.41, 5.74) is 4.17. The maximum atomic E-state index is 13.4. The van der Waals surface area contributed by atoms with E-state index in [0.717, 1.165) is 22.4 Å². The Morgan fingerprint density at radius 2 is 1.74 bits per heavy atom. The highest BCUT2D eigenvalue weighted by Crippen LogP contribution is 2.21. The summed E-state index contributed by atoms with van der Waals surface area (Å²) in [6, 6.07) is 21.2. The fraction of sp³-hybridized carbons (Fsp3) is 0.200. The Morgan fingerprint density at radius 1 is 0.968 bits per heavy atom. The number of hydrogen-bond donors (Lipinski definition) is 1. The lowest BCUT2D eigenvalue weighted by atomic mass is 10.0. The van der Waals surface area contributed by atoms with Crippen molar-refractivity contribution in [3.05, 3.63) is 89.7 Å². The summed E-state index contributed by atoms with van der Waals surface area (Å²) < 4.78 is 19.0. The molecule has 0 aliphatic heterocycles. The summed E-state index contributed by atoms with van der Waals surface area (Å²) >= 11 is 0. The van der Waals surface area contributed by atoms with Gasteiger partial charge in [-0.1, -0.05) is 60.6 Å². The highest BCUT2D eigenvalue weighted by atomic mass is 19.1. The minimum absolute atomic E-state index is 0.0458. The third-order valence-electron chi connectivity index (χ3n) is 4.58. The molecule has 0 amide bonds. The zero-order valence-corrected chi connectivity index (χ0v) is 17.3. The minimum Gasteiger partial charge on any atom is -0.490 e. The molecule has 0 aliphatic carbocycles. The van der Waals surface area contributed by atoms with Gasteiger partial charge in [0.1, 0.15) is 18.2 Å². The van der Waals surface area contributed by atoms with Crippen molar-refractivity contribution in [3.8, 4) is 16.9 Å². The quantitative estimate of drug-likeness (QED) is 0.273. The summed E-state index contributed by atoms with van der Waals surface area (Å²) in [5.74, 6) is -0.553. The van der Waals surface area contributed by atoms with E-state index in [4.69, 9.17) is 14.7 Å². The highest BCUT2D eigenvalue weighted by Gasteiger charge is 2.05. The van der Waals surface area contributed by atoms with Gasteiger partial charge in [0, 0.05) is 0 Å². The van der Waals surface area contributed by atoms with E-state index in [2.05, 4.69) is 5.16 Å². The van der Waals surface area contributed by atoms with Crippen LogP contribution >= 0.6 is 0 Å². The van der Waals surface area contributed by atoms with Crippen molar-refractivity contribution in [1.29, 1.82) is 0 Å². The van der Waals surface area contributed by atoms with E-state index in [-0.39, 0.29) is 25.5 Å². The molecular weight excluding hydrogens is 397 g/mol. The fourth-order valence-electron chi connectivity index (χ4n) is 3.08. The van der Waals surface area contributed by atoms with Gasteiger partial charge in [-0.05, 0) is 52.9 Å². The second kappa shape index (κ2) is 10.9. The summed E-state index contributed by atoms with van der Waals surface area (Å²) in [5, 5.41) is 13.1. The van der Waals surface area contributed by atoms with Crippen molar-refractivity contribution < 1.29 is 23.9 Å². The van der Waals surface area contributed by atoms with E-state index in [1.54, 1.807) is 30.3 Å². The largest absolute Gasteiger partial charge is 0.490 e. The number of rotatable bonds is 10. The topological polar surface area (TPSA) is 68.1 Å². The lowest BCUT2D eigenvalue weighted by molar-refractivity contribution is -0.136. The van der Waals surface area contributed by atoms with Gasteiger partial charge in [-0.25, -0.2) is 4.39 Å². The molecule has 0 saturated heterocycles. The molecule has 5 nitrogen and oxygen atoms in total. The average molecular weight is 421 g/mol. The van der Waals surface area contributed by atoms with Crippen molar-refractivity contribution in [2.45, 2.75) is 19.8 Å². The van der Waals surface area contributed by atoms with Crippen LogP contribution in [0, 0.1) is 5.82 Å². The number of benzene rings is 3. The Morgan fingerprint density at radius 3 is 2.45 bits per heavy atom. The zero-order chi connectivity index (χ0) is 22.1. The Hall–Kier alpha value is -3.67. The number of aliphatic carboxylic acids is 1. The van der Waals surface area contributed by atoms with Crippen LogP contribution < -0.4 is 4.74 Å². The molecule has 0 bridgehead atoms. The minimum atomic E-state index is -0.883. The standard InChI is InChI=1S/C25H24FNO4/c1-2-24(20-11-9-19(10-12-20)21-6-4-7-22(26)17-21)27-31-14-13-30-23-8-3-5-18(15-23)16-25(28)29/h3-12,15,17H,2,13-14,16H2,1H3,(H,28,29)/b27-24+. The van der Waals surface area contributed by atoms with E-state index in [1.165, 1.54) is 12.1 Å². The maximum Gasteiger partial charge on any atom is 0.307 e. The van der Waals surface area contributed by atoms with Gasteiger partial charge in [-0.3, -0.25) is 4.79 Å². The van der Waals surface area contributed by atoms with Gasteiger partial charge < -0.3 is 14.7 Å². The van der Waals surface area contributed by atoms with Crippen LogP contribution in [-0.4, -0.2) is 30.0 Å². The number of carbonyl (C=O) groups is 1. The molecule has 3 rings (SSSR count). The van der Waals surface area contributed by atoms with Gasteiger partial charge in [0.25, 0.3) is 0 Å². The molecule has 0 radical (unpaired) electrons. The third-order valence-corrected chi connectivity index (χ3v) is 4.58. The smallest absolute Gasteiger partial charge is 0.307 e. The van der Waals surface area contributed by atoms with Crippen molar-refractivity contribution in [2.24, 2.45) is 5.16 Å². The number of carboxylic acid groups (broad SMARTS) is 1. The van der Waals surface area contributed by atoms with E-state index in [9.17, 15) is 9.18 Å². The molecule has 0 aliphatic rings. The Labute approximate surface area is 180 Å². The second-order valence-electron chi connectivity index (χ2n) is 6.88. The molecule has 31 heavy (non-hydrogen) atoms. The van der Waals surface area contributed by atoms with Crippen LogP contribution in [-0.2, 0) is 16.1 Å². The van der Waals surface area contributed by atoms with Crippen LogP contribution in [0.3, 0.4) is 0 Å². The molecule has 0 atom stereocenters. The van der Waals surface area contributed by atoms with E-state index in [1.807, 2.05) is 37.3 Å². The summed E-state index contributed by atoms with van der Waals surface area (Å²) in [7, 11) is 0. The van der Waals surface area contributed by atoms with Gasteiger partial charge in [-0.2, -0.15) is 0 Å². The SMILES string of the molecule is CC/C(=N\OCCOc1cccc(CC(=O)O)c1)c1ccc(-c2cccc(F)c2)cc1. The Kier molecular flexibility index (Phi) is 7.76. The molecular formula is C25H24FNO4. The van der Waals surface area contributed by atoms with Crippen LogP contribution in [0.2, 0.25) is 0 Å². The summed E-state index contributed by atoms with van der Waals surface area (Å²) in [6.45, 7) is 2.54. The van der Waals surface area contributed by atoms with E-state index < -0.39 is 5.97 Å². The molecule has 3 aromatic rings. The predicted molar refractivity (Wildman–Crippen MR) is 118 cm³/mol. The van der Waals surface area contributed by atoms with Gasteiger partial charge >= 0.3 is 5.97 Å². The van der Waals surface area contributed by atoms with Crippen LogP contribution in [0.15, 0.2) is 78.0 Å². The molecule has 0 unspecified atom stereocenters. The lowest BCUT2D eigenvalue weighted by Crippen LogP contribution is -2.07. The maximum absolute atomic E-state index is 13.4. The molecule has 0 spiro atoms. The first-order valence-electron chi connectivity index (χ1n) is 10.0. The number of halogens is 1. The van der Waals surface area contributed by atoms with Crippen molar-refractivity contribution >= 4 is 11.7 Å². The van der Waals surface area contributed by atoms with Crippen LogP contribution in [0.4, 0.5) is 4.39 Å². The molecule has 0 saturated carbocycles. The van der Waals surface area contributed by atoms with Gasteiger partial charge in [0.15, 0.2) is 6.61 Å². The normalized spacial score (nSPS) is 11.2. The molecule has 0 aromatic heterocycles. The number of hydrogen-bond acceptors (Lipinski definition) is 4. The number of ether oxygens (including phenoxy) is 1. The fourth-order valence-corrected chi connectivity index (χ4v) is 3.08. The number of carboxylic acids is 1. The molecule has 1 N–H and O–H groups in total. The average Bonchev–Trinajstić information content (AvgIpc) is 2.76. The van der Waals surface area contributed by atoms with E-state index >= 15 is 0 Å². The lowest BCUT2D eigenvalue weighted by Gasteiger charge is -2.09. The molecule has 0 heterocycles. The first-order chi connectivity index (χ1) is 15.0. The van der Waals surface area contributed by atoms with Gasteiger partial charge in [0.05, 0.1) is 12.1 Å². The second-order valence-corrected chi connectivity index (χ2v) is 6.88. The third kappa shape index (κ3) is 6.67. The zero-order valence-electron chi connectivity index (χ0n) is 17.3. The Balaban J connectivity index is 1.53. The predicted octanol–water partition coefficient (Wildman–Crippen LogP) is 5.33. The number of nitrogens with zero attached hydrogens (tertiary/aromatic N) is 1. The first-order valence-corrected chi connectivity index (χ1v) is 10.0. The van der Waals surface area contributed by atoms with Crippen molar-refractivity contribution in [2.75, 3.05) is 13.2 Å². The molecule has 3 aromatic carbocycles. The molecule has 6 heteroatoms. The first kappa shape index (κ1) is 22.0. The Bertz CT molecular complexity index is 1050. The van der Waals surface area contributed by atoms with Crippen LogP contribution in [0.5, 0.6) is 5.75 Å². The van der Waals surface area contributed by atoms with Crippen LogP contribution in [0.1, 0.15) is 24.5 Å². The monoisotopic (exact) mass is 421 g/mol.